The van der Waals surface area contributed by atoms with Crippen LogP contribution in [0.3, 0.4) is 0 Å². The summed E-state index contributed by atoms with van der Waals surface area (Å²) in [6.45, 7) is 5.87. The molecule has 1 unspecified atom stereocenters. The van der Waals surface area contributed by atoms with Gasteiger partial charge in [0, 0.05) is 24.3 Å². The number of aromatic nitrogens is 1. The molecule has 1 fully saturated rings. The van der Waals surface area contributed by atoms with Crippen molar-refractivity contribution in [2.75, 3.05) is 11.9 Å². The molecule has 19 heavy (non-hydrogen) atoms. The Kier molecular flexibility index (Phi) is 3.73. The van der Waals surface area contributed by atoms with Gasteiger partial charge in [-0.05, 0) is 19.4 Å². The maximum Gasteiger partial charge on any atom is 0.236 e. The van der Waals surface area contributed by atoms with E-state index in [2.05, 4.69) is 10.3 Å². The highest BCUT2D eigenvalue weighted by atomic mass is 32.1. The van der Waals surface area contributed by atoms with Gasteiger partial charge in [0.15, 0.2) is 5.13 Å². The van der Waals surface area contributed by atoms with Crippen LogP contribution < -0.4 is 10.2 Å². The Morgan fingerprint density at radius 3 is 2.47 bits per heavy atom. The van der Waals surface area contributed by atoms with Gasteiger partial charge in [0.2, 0.25) is 11.8 Å². The molecule has 104 valence electrons. The number of thiazole rings is 1. The molecule has 0 aliphatic carbocycles. The molecular weight excluding hydrogens is 262 g/mol. The van der Waals surface area contributed by atoms with Crippen LogP contribution in [0.5, 0.6) is 0 Å². The van der Waals surface area contributed by atoms with Gasteiger partial charge in [0.1, 0.15) is 0 Å². The highest BCUT2D eigenvalue weighted by Crippen LogP contribution is 2.35. The summed E-state index contributed by atoms with van der Waals surface area (Å²) >= 11 is 1.34. The fourth-order valence-corrected chi connectivity index (χ4v) is 3.07. The summed E-state index contributed by atoms with van der Waals surface area (Å²) in [4.78, 5) is 29.9. The van der Waals surface area contributed by atoms with Crippen molar-refractivity contribution in [3.05, 3.63) is 11.1 Å². The first kappa shape index (κ1) is 14.1. The Bertz CT molecular complexity index is 490. The number of nitrogens with zero attached hydrogens (tertiary/aromatic N) is 2. The zero-order chi connectivity index (χ0) is 14.2. The van der Waals surface area contributed by atoms with Crippen molar-refractivity contribution < 1.29 is 9.59 Å². The zero-order valence-corrected chi connectivity index (χ0v) is 12.5. The fraction of sp³-hybridized carbons (Fsp3) is 0.615. The van der Waals surface area contributed by atoms with Gasteiger partial charge >= 0.3 is 0 Å². The van der Waals surface area contributed by atoms with E-state index >= 15 is 0 Å². The Hall–Kier alpha value is -1.27. The number of piperidine rings is 1. The van der Waals surface area contributed by atoms with Crippen LogP contribution in [0.4, 0.5) is 5.13 Å². The molecule has 2 rings (SSSR count). The lowest BCUT2D eigenvalue weighted by Crippen LogP contribution is -2.46. The van der Waals surface area contributed by atoms with E-state index in [1.165, 1.54) is 16.2 Å². The van der Waals surface area contributed by atoms with Crippen LogP contribution in [-0.2, 0) is 9.59 Å². The molecule has 2 amide bonds. The van der Waals surface area contributed by atoms with Crippen molar-refractivity contribution in [3.63, 3.8) is 0 Å². The van der Waals surface area contributed by atoms with Gasteiger partial charge < -0.3 is 5.32 Å². The number of hydrogen-bond acceptors (Lipinski definition) is 5. The van der Waals surface area contributed by atoms with Crippen molar-refractivity contribution >= 4 is 28.3 Å². The molecule has 0 spiro atoms. The first-order valence-electron chi connectivity index (χ1n) is 6.32. The number of hydrogen-bond donors (Lipinski definition) is 1. The van der Waals surface area contributed by atoms with Crippen molar-refractivity contribution in [3.8, 4) is 0 Å². The molecule has 1 saturated heterocycles. The number of rotatable bonds is 3. The minimum Gasteiger partial charge on any atom is -0.312 e. The molecule has 1 aliphatic heterocycles. The zero-order valence-electron chi connectivity index (χ0n) is 11.7. The van der Waals surface area contributed by atoms with Gasteiger partial charge in [-0.3, -0.25) is 9.59 Å². The fourth-order valence-electron chi connectivity index (χ4n) is 2.12. The molecule has 1 atom stereocenters. The predicted octanol–water partition coefficient (Wildman–Crippen LogP) is 2.10. The molecular formula is C13H19N3O2S. The lowest BCUT2D eigenvalue weighted by Gasteiger charge is -2.33. The highest BCUT2D eigenvalue weighted by molar-refractivity contribution is 7.14. The second kappa shape index (κ2) is 5.02. The molecule has 0 bridgehead atoms. The number of amides is 2. The van der Waals surface area contributed by atoms with Crippen molar-refractivity contribution in [1.82, 2.24) is 10.3 Å². The van der Waals surface area contributed by atoms with E-state index < -0.39 is 0 Å². The Morgan fingerprint density at radius 2 is 1.95 bits per heavy atom. The molecule has 0 radical (unpaired) electrons. The number of anilines is 1. The molecule has 6 heteroatoms. The summed E-state index contributed by atoms with van der Waals surface area (Å²) in [6, 6.07) is 0.108. The molecule has 1 aromatic rings. The normalized spacial score (nSPS) is 20.7. The van der Waals surface area contributed by atoms with Crippen LogP contribution in [0.1, 0.15) is 45.3 Å². The Labute approximate surface area is 117 Å². The number of carbonyl (C=O) groups is 2. The van der Waals surface area contributed by atoms with Crippen LogP contribution in [0.2, 0.25) is 0 Å². The standard InChI is InChI=1S/C13H19N3O2S/c1-8(14-4)9-7-19-12(15-9)16-10(17)5-13(2,3)6-11(16)18/h7-8,14H,5-6H2,1-4H3. The molecule has 1 N–H and O–H groups in total. The van der Waals surface area contributed by atoms with E-state index in [0.717, 1.165) is 5.69 Å². The number of imide groups is 1. The summed E-state index contributed by atoms with van der Waals surface area (Å²) in [5.74, 6) is -0.307. The first-order valence-corrected chi connectivity index (χ1v) is 7.20. The topological polar surface area (TPSA) is 62.3 Å². The van der Waals surface area contributed by atoms with Crippen LogP contribution in [-0.4, -0.2) is 23.8 Å². The van der Waals surface area contributed by atoms with Crippen LogP contribution in [0, 0.1) is 5.41 Å². The third kappa shape index (κ3) is 2.84. The van der Waals surface area contributed by atoms with Crippen LogP contribution >= 0.6 is 11.3 Å². The summed E-state index contributed by atoms with van der Waals surface area (Å²) in [7, 11) is 1.85. The largest absolute Gasteiger partial charge is 0.312 e. The van der Waals surface area contributed by atoms with E-state index in [-0.39, 0.29) is 23.3 Å². The monoisotopic (exact) mass is 281 g/mol. The average Bonchev–Trinajstić information content (AvgIpc) is 2.74. The first-order chi connectivity index (χ1) is 8.84. The molecule has 0 aromatic carbocycles. The second-order valence-electron chi connectivity index (χ2n) is 5.71. The third-order valence-electron chi connectivity index (χ3n) is 3.34. The smallest absolute Gasteiger partial charge is 0.236 e. The third-order valence-corrected chi connectivity index (χ3v) is 4.18. The quantitative estimate of drug-likeness (QED) is 0.862. The molecule has 2 heterocycles. The van der Waals surface area contributed by atoms with Gasteiger partial charge in [0.25, 0.3) is 0 Å². The maximum atomic E-state index is 12.1. The maximum absolute atomic E-state index is 12.1. The minimum absolute atomic E-state index is 0.108. The van der Waals surface area contributed by atoms with Gasteiger partial charge in [0.05, 0.1) is 5.69 Å². The van der Waals surface area contributed by atoms with Gasteiger partial charge in [-0.15, -0.1) is 11.3 Å². The van der Waals surface area contributed by atoms with Gasteiger partial charge in [-0.25, -0.2) is 9.88 Å². The lowest BCUT2D eigenvalue weighted by molar-refractivity contribution is -0.132. The Balaban J connectivity index is 2.24. The minimum atomic E-state index is -0.247. The second-order valence-corrected chi connectivity index (χ2v) is 6.54. The van der Waals surface area contributed by atoms with E-state index in [1.807, 2.05) is 33.2 Å². The summed E-state index contributed by atoms with van der Waals surface area (Å²) in [6.07, 6.45) is 0.768. The summed E-state index contributed by atoms with van der Waals surface area (Å²) < 4.78 is 0. The van der Waals surface area contributed by atoms with E-state index in [9.17, 15) is 9.59 Å². The molecule has 1 aliphatic rings. The number of nitrogens with one attached hydrogen (secondary N) is 1. The van der Waals surface area contributed by atoms with Gasteiger partial charge in [-0.1, -0.05) is 13.8 Å². The van der Waals surface area contributed by atoms with E-state index in [0.29, 0.717) is 18.0 Å². The SMILES string of the molecule is CNC(C)c1csc(N2C(=O)CC(C)(C)CC2=O)n1. The predicted molar refractivity (Wildman–Crippen MR) is 75.1 cm³/mol. The molecule has 5 nitrogen and oxygen atoms in total. The van der Waals surface area contributed by atoms with E-state index in [4.69, 9.17) is 0 Å². The summed E-state index contributed by atoms with van der Waals surface area (Å²) in [5, 5.41) is 5.46. The van der Waals surface area contributed by atoms with Crippen LogP contribution in [0.15, 0.2) is 5.38 Å². The highest BCUT2D eigenvalue weighted by Gasteiger charge is 2.39. The average molecular weight is 281 g/mol. The van der Waals surface area contributed by atoms with E-state index in [1.54, 1.807) is 0 Å². The van der Waals surface area contributed by atoms with Gasteiger partial charge in [-0.2, -0.15) is 0 Å². The molecule has 0 saturated carbocycles. The van der Waals surface area contributed by atoms with Crippen molar-refractivity contribution in [2.24, 2.45) is 5.41 Å². The summed E-state index contributed by atoms with van der Waals surface area (Å²) in [5.41, 5.74) is 0.608. The Morgan fingerprint density at radius 1 is 1.37 bits per heavy atom. The molecule has 1 aromatic heterocycles. The number of carbonyl (C=O) groups excluding carboxylic acids is 2. The van der Waals surface area contributed by atoms with Crippen molar-refractivity contribution in [2.45, 2.75) is 39.7 Å². The van der Waals surface area contributed by atoms with Crippen molar-refractivity contribution in [1.29, 1.82) is 0 Å². The lowest BCUT2D eigenvalue weighted by atomic mass is 9.82. The van der Waals surface area contributed by atoms with Crippen LogP contribution in [0.25, 0.3) is 0 Å².